The molecule has 0 radical (unpaired) electrons. The van der Waals surface area contributed by atoms with Gasteiger partial charge in [0.25, 0.3) is 0 Å². The predicted molar refractivity (Wildman–Crippen MR) is 48.9 cm³/mol. The molecule has 0 aliphatic rings. The number of rotatable bonds is 6. The van der Waals surface area contributed by atoms with Crippen molar-refractivity contribution in [2.45, 2.75) is 6.42 Å². The summed E-state index contributed by atoms with van der Waals surface area (Å²) < 4.78 is 4.84. The van der Waals surface area contributed by atoms with Crippen LogP contribution in [0.4, 0.5) is 0 Å². The minimum absolute atomic E-state index is 0.0858. The lowest BCUT2D eigenvalue weighted by molar-refractivity contribution is -0.130. The highest BCUT2D eigenvalue weighted by atomic mass is 16.5. The average Bonchev–Trinajstić information content (AvgIpc) is 2.12. The number of nitriles is 1. The molecule has 0 saturated heterocycles. The summed E-state index contributed by atoms with van der Waals surface area (Å²) in [6.45, 7) is 4.98. The van der Waals surface area contributed by atoms with Gasteiger partial charge in [-0.1, -0.05) is 6.08 Å². The summed E-state index contributed by atoms with van der Waals surface area (Å²) in [5, 5.41) is 8.32. The van der Waals surface area contributed by atoms with Crippen molar-refractivity contribution in [2.24, 2.45) is 0 Å². The zero-order chi connectivity index (χ0) is 10.1. The predicted octanol–water partition coefficient (Wildman–Crippen LogP) is 0.561. The fourth-order valence-electron chi connectivity index (χ4n) is 0.855. The van der Waals surface area contributed by atoms with Crippen LogP contribution >= 0.6 is 0 Å². The lowest BCUT2D eigenvalue weighted by Crippen LogP contribution is -2.33. The van der Waals surface area contributed by atoms with E-state index in [9.17, 15) is 4.79 Å². The Morgan fingerprint density at radius 2 is 2.46 bits per heavy atom. The number of hydrogen-bond donors (Lipinski definition) is 0. The van der Waals surface area contributed by atoms with Crippen LogP contribution < -0.4 is 0 Å². The molecule has 0 fully saturated rings. The number of carbonyl (C=O) groups excluding carboxylic acids is 1. The Morgan fingerprint density at radius 3 is 2.92 bits per heavy atom. The van der Waals surface area contributed by atoms with Gasteiger partial charge in [0.2, 0.25) is 5.91 Å². The van der Waals surface area contributed by atoms with Crippen LogP contribution in [-0.2, 0) is 9.53 Å². The Morgan fingerprint density at radius 1 is 1.77 bits per heavy atom. The van der Waals surface area contributed by atoms with E-state index in [0.717, 1.165) is 0 Å². The van der Waals surface area contributed by atoms with Gasteiger partial charge in [-0.05, 0) is 0 Å². The maximum atomic E-state index is 11.2. The van der Waals surface area contributed by atoms with Crippen molar-refractivity contribution in [1.29, 1.82) is 5.26 Å². The molecule has 0 heterocycles. The summed E-state index contributed by atoms with van der Waals surface area (Å²) in [6, 6.07) is 1.82. The summed E-state index contributed by atoms with van der Waals surface area (Å²) in [5.74, 6) is -0.181. The summed E-state index contributed by atoms with van der Waals surface area (Å²) in [6.07, 6.45) is 1.54. The van der Waals surface area contributed by atoms with Crippen LogP contribution in [0.5, 0.6) is 0 Å². The Balaban J connectivity index is 3.99. The van der Waals surface area contributed by atoms with Crippen molar-refractivity contribution in [3.63, 3.8) is 0 Å². The molecule has 0 aromatic heterocycles. The molecule has 13 heavy (non-hydrogen) atoms. The van der Waals surface area contributed by atoms with Gasteiger partial charge in [0.1, 0.15) is 6.42 Å². The van der Waals surface area contributed by atoms with Gasteiger partial charge in [0.05, 0.1) is 12.7 Å². The van der Waals surface area contributed by atoms with Gasteiger partial charge in [-0.3, -0.25) is 4.79 Å². The monoisotopic (exact) mass is 182 g/mol. The molecule has 0 bridgehead atoms. The minimum Gasteiger partial charge on any atom is -0.383 e. The van der Waals surface area contributed by atoms with Crippen LogP contribution in [0.2, 0.25) is 0 Å². The first-order chi connectivity index (χ1) is 6.26. The van der Waals surface area contributed by atoms with Gasteiger partial charge in [0.15, 0.2) is 0 Å². The van der Waals surface area contributed by atoms with Gasteiger partial charge in [0, 0.05) is 20.2 Å². The molecule has 0 atom stereocenters. The molecule has 1 amide bonds. The Labute approximate surface area is 78.4 Å². The van der Waals surface area contributed by atoms with E-state index >= 15 is 0 Å². The topological polar surface area (TPSA) is 53.3 Å². The first-order valence-corrected chi connectivity index (χ1v) is 4.00. The number of amides is 1. The Kier molecular flexibility index (Phi) is 6.56. The van der Waals surface area contributed by atoms with Crippen molar-refractivity contribution in [1.82, 2.24) is 4.90 Å². The molecular weight excluding hydrogens is 168 g/mol. The highest BCUT2D eigenvalue weighted by Crippen LogP contribution is 1.94. The van der Waals surface area contributed by atoms with E-state index in [4.69, 9.17) is 10.00 Å². The van der Waals surface area contributed by atoms with Crippen LogP contribution in [0.1, 0.15) is 6.42 Å². The molecule has 4 nitrogen and oxygen atoms in total. The number of methoxy groups -OCH3 is 1. The first kappa shape index (κ1) is 11.7. The molecule has 0 aliphatic heterocycles. The Bertz CT molecular complexity index is 208. The lowest BCUT2D eigenvalue weighted by atomic mass is 10.3. The molecule has 0 aromatic rings. The van der Waals surface area contributed by atoms with Crippen LogP contribution in [0.25, 0.3) is 0 Å². The normalized spacial score (nSPS) is 8.92. The van der Waals surface area contributed by atoms with Crippen LogP contribution in [0, 0.1) is 11.3 Å². The first-order valence-electron chi connectivity index (χ1n) is 4.00. The van der Waals surface area contributed by atoms with E-state index < -0.39 is 0 Å². The summed E-state index contributed by atoms with van der Waals surface area (Å²) in [7, 11) is 1.57. The van der Waals surface area contributed by atoms with Gasteiger partial charge >= 0.3 is 0 Å². The molecule has 0 saturated carbocycles. The zero-order valence-corrected chi connectivity index (χ0v) is 7.82. The number of carbonyl (C=O) groups is 1. The Hall–Kier alpha value is -1.34. The second-order valence-corrected chi connectivity index (χ2v) is 2.46. The van der Waals surface area contributed by atoms with Crippen molar-refractivity contribution >= 4 is 5.91 Å². The SMILES string of the molecule is C=CCN(CCOC)C(=O)CC#N. The minimum atomic E-state index is -0.181. The fraction of sp³-hybridized carbons (Fsp3) is 0.556. The number of ether oxygens (including phenoxy) is 1. The van der Waals surface area contributed by atoms with E-state index in [1.807, 2.05) is 6.07 Å². The van der Waals surface area contributed by atoms with Gasteiger partial charge in [-0.15, -0.1) is 6.58 Å². The molecule has 0 spiro atoms. The molecule has 72 valence electrons. The molecule has 0 N–H and O–H groups in total. The third-order valence-electron chi connectivity index (χ3n) is 1.50. The molecule has 0 unspecified atom stereocenters. The van der Waals surface area contributed by atoms with Crippen LogP contribution in [-0.4, -0.2) is 37.6 Å². The maximum absolute atomic E-state index is 11.2. The molecule has 0 rings (SSSR count). The summed E-state index contributed by atoms with van der Waals surface area (Å²) >= 11 is 0. The van der Waals surface area contributed by atoms with Gasteiger partial charge in [-0.25, -0.2) is 0 Å². The maximum Gasteiger partial charge on any atom is 0.237 e. The summed E-state index contributed by atoms with van der Waals surface area (Å²) in [4.78, 5) is 12.8. The largest absolute Gasteiger partial charge is 0.383 e. The quantitative estimate of drug-likeness (QED) is 0.564. The van der Waals surface area contributed by atoms with E-state index in [1.54, 1.807) is 18.1 Å². The van der Waals surface area contributed by atoms with Gasteiger partial charge < -0.3 is 9.64 Å². The molecular formula is C9H14N2O2. The van der Waals surface area contributed by atoms with Crippen LogP contribution in [0.3, 0.4) is 0 Å². The second kappa shape index (κ2) is 7.32. The lowest BCUT2D eigenvalue weighted by Gasteiger charge is -2.18. The van der Waals surface area contributed by atoms with Crippen molar-refractivity contribution < 1.29 is 9.53 Å². The zero-order valence-electron chi connectivity index (χ0n) is 7.82. The highest BCUT2D eigenvalue weighted by Gasteiger charge is 2.10. The summed E-state index contributed by atoms with van der Waals surface area (Å²) in [5.41, 5.74) is 0. The second-order valence-electron chi connectivity index (χ2n) is 2.46. The van der Waals surface area contributed by atoms with Gasteiger partial charge in [-0.2, -0.15) is 5.26 Å². The third-order valence-corrected chi connectivity index (χ3v) is 1.50. The van der Waals surface area contributed by atoms with E-state index in [-0.39, 0.29) is 12.3 Å². The third kappa shape index (κ3) is 4.99. The highest BCUT2D eigenvalue weighted by molar-refractivity contribution is 5.78. The smallest absolute Gasteiger partial charge is 0.237 e. The standard InChI is InChI=1S/C9H14N2O2/c1-3-6-11(7-8-13-2)9(12)4-5-10/h3H,1,4,6-8H2,2H3. The van der Waals surface area contributed by atoms with E-state index in [0.29, 0.717) is 19.7 Å². The van der Waals surface area contributed by atoms with Crippen LogP contribution in [0.15, 0.2) is 12.7 Å². The number of nitrogens with zero attached hydrogens (tertiary/aromatic N) is 2. The molecule has 4 heteroatoms. The average molecular weight is 182 g/mol. The van der Waals surface area contributed by atoms with Crippen molar-refractivity contribution in [2.75, 3.05) is 26.8 Å². The van der Waals surface area contributed by atoms with Crippen molar-refractivity contribution in [3.8, 4) is 6.07 Å². The van der Waals surface area contributed by atoms with E-state index in [1.165, 1.54) is 0 Å². The number of hydrogen-bond acceptors (Lipinski definition) is 3. The van der Waals surface area contributed by atoms with E-state index in [2.05, 4.69) is 6.58 Å². The molecule has 0 aliphatic carbocycles. The fourth-order valence-corrected chi connectivity index (χ4v) is 0.855. The van der Waals surface area contributed by atoms with Crippen molar-refractivity contribution in [3.05, 3.63) is 12.7 Å². The molecule has 0 aromatic carbocycles.